The Balaban J connectivity index is 2.35. The van der Waals surface area contributed by atoms with Gasteiger partial charge in [0.2, 0.25) is 0 Å². The Bertz CT molecular complexity index is 652. The van der Waals surface area contributed by atoms with Crippen molar-refractivity contribution in [3.05, 3.63) is 58.3 Å². The summed E-state index contributed by atoms with van der Waals surface area (Å²) >= 11 is 0. The number of likely N-dealkylation sites (N-methyl/N-ethyl adjacent to an activating group) is 1. The predicted octanol–water partition coefficient (Wildman–Crippen LogP) is 1.91. The van der Waals surface area contributed by atoms with E-state index in [1.54, 1.807) is 17.9 Å². The average Bonchev–Trinajstić information content (AvgIpc) is 2.50. The largest absolute Gasteiger partial charge is 0.496 e. The quantitative estimate of drug-likeness (QED) is 0.882. The molecule has 5 nitrogen and oxygen atoms in total. The molecular formula is C16H21N3O2. The van der Waals surface area contributed by atoms with Gasteiger partial charge in [-0.3, -0.25) is 4.57 Å². The van der Waals surface area contributed by atoms with Crippen molar-refractivity contribution in [3.8, 4) is 5.75 Å². The normalized spacial score (nSPS) is 12.1. The first kappa shape index (κ1) is 15.3. The molecule has 2 aromatic rings. The van der Waals surface area contributed by atoms with Gasteiger partial charge in [0, 0.05) is 24.5 Å². The summed E-state index contributed by atoms with van der Waals surface area (Å²) in [5, 5.41) is 3.40. The molecule has 0 aliphatic heterocycles. The molecule has 0 bridgehead atoms. The molecule has 0 saturated carbocycles. The molecule has 1 atom stereocenters. The Morgan fingerprint density at radius 1 is 1.38 bits per heavy atom. The molecule has 0 fully saturated rings. The number of nitrogens with one attached hydrogen (secondary N) is 1. The van der Waals surface area contributed by atoms with Crippen molar-refractivity contribution in [2.75, 3.05) is 13.7 Å². The summed E-state index contributed by atoms with van der Waals surface area (Å²) in [5.74, 6) is 0.817. The van der Waals surface area contributed by atoms with Crippen LogP contribution in [0.4, 0.5) is 0 Å². The number of benzene rings is 1. The smallest absolute Gasteiger partial charge is 0.347 e. The van der Waals surface area contributed by atoms with E-state index in [9.17, 15) is 4.79 Å². The fourth-order valence-corrected chi connectivity index (χ4v) is 2.37. The van der Waals surface area contributed by atoms with Gasteiger partial charge in [-0.15, -0.1) is 0 Å². The van der Waals surface area contributed by atoms with Crippen LogP contribution in [0.2, 0.25) is 0 Å². The molecule has 0 spiro atoms. The maximum absolute atomic E-state index is 11.9. The van der Waals surface area contributed by atoms with E-state index in [2.05, 4.69) is 10.3 Å². The van der Waals surface area contributed by atoms with Crippen LogP contribution in [0.15, 0.2) is 41.5 Å². The van der Waals surface area contributed by atoms with Crippen molar-refractivity contribution < 1.29 is 4.74 Å². The second kappa shape index (κ2) is 7.04. The van der Waals surface area contributed by atoms with Crippen molar-refractivity contribution in [2.24, 2.45) is 0 Å². The molecule has 112 valence electrons. The minimum absolute atomic E-state index is 0.00699. The Labute approximate surface area is 124 Å². The Kier molecular flexibility index (Phi) is 5.11. The van der Waals surface area contributed by atoms with Crippen molar-refractivity contribution in [1.29, 1.82) is 0 Å². The van der Waals surface area contributed by atoms with E-state index < -0.39 is 0 Å². The summed E-state index contributed by atoms with van der Waals surface area (Å²) in [6.07, 6.45) is 3.42. The van der Waals surface area contributed by atoms with E-state index in [-0.39, 0.29) is 11.7 Å². The van der Waals surface area contributed by atoms with Crippen molar-refractivity contribution >= 4 is 0 Å². The van der Waals surface area contributed by atoms with Gasteiger partial charge in [0.05, 0.1) is 13.2 Å². The summed E-state index contributed by atoms with van der Waals surface area (Å²) in [4.78, 5) is 15.8. The molecule has 5 heteroatoms. The number of para-hydroxylation sites is 1. The molecular weight excluding hydrogens is 266 g/mol. The maximum atomic E-state index is 11.9. The van der Waals surface area contributed by atoms with Crippen LogP contribution in [0.5, 0.6) is 5.75 Å². The van der Waals surface area contributed by atoms with Gasteiger partial charge < -0.3 is 10.1 Å². The van der Waals surface area contributed by atoms with Gasteiger partial charge in [-0.25, -0.2) is 9.78 Å². The van der Waals surface area contributed by atoms with Crippen LogP contribution in [0, 0.1) is 6.92 Å². The molecule has 0 radical (unpaired) electrons. The van der Waals surface area contributed by atoms with Crippen LogP contribution in [0.25, 0.3) is 0 Å². The molecule has 0 aliphatic rings. The standard InChI is InChI=1S/C16H21N3O2/c1-4-17-14(13-7-5-6-8-15(13)21-3)11-19-10-12(2)9-18-16(19)20/h5-10,14,17H,4,11H2,1-3H3. The molecule has 0 amide bonds. The predicted molar refractivity (Wildman–Crippen MR) is 82.6 cm³/mol. The molecule has 0 aliphatic carbocycles. The highest BCUT2D eigenvalue weighted by Crippen LogP contribution is 2.25. The zero-order chi connectivity index (χ0) is 15.2. The lowest BCUT2D eigenvalue weighted by atomic mass is 10.1. The highest BCUT2D eigenvalue weighted by Gasteiger charge is 2.16. The number of ether oxygens (including phenoxy) is 1. The van der Waals surface area contributed by atoms with Crippen LogP contribution in [0.3, 0.4) is 0 Å². The van der Waals surface area contributed by atoms with Crippen molar-refractivity contribution in [3.63, 3.8) is 0 Å². The van der Waals surface area contributed by atoms with Crippen LogP contribution >= 0.6 is 0 Å². The number of rotatable bonds is 6. The Hall–Kier alpha value is -2.14. The lowest BCUT2D eigenvalue weighted by molar-refractivity contribution is 0.388. The first-order valence-electron chi connectivity index (χ1n) is 7.05. The summed E-state index contributed by atoms with van der Waals surface area (Å²) < 4.78 is 7.06. The number of aromatic nitrogens is 2. The third-order valence-electron chi connectivity index (χ3n) is 3.33. The number of methoxy groups -OCH3 is 1. The van der Waals surface area contributed by atoms with E-state index in [1.807, 2.05) is 44.3 Å². The van der Waals surface area contributed by atoms with Crippen LogP contribution in [-0.4, -0.2) is 23.2 Å². The topological polar surface area (TPSA) is 56.2 Å². The van der Waals surface area contributed by atoms with Crippen LogP contribution in [-0.2, 0) is 6.54 Å². The number of hydrogen-bond acceptors (Lipinski definition) is 4. The van der Waals surface area contributed by atoms with Gasteiger partial charge in [-0.05, 0) is 25.1 Å². The molecule has 1 heterocycles. The fourth-order valence-electron chi connectivity index (χ4n) is 2.37. The minimum Gasteiger partial charge on any atom is -0.496 e. The van der Waals surface area contributed by atoms with Gasteiger partial charge in [-0.2, -0.15) is 0 Å². The van der Waals surface area contributed by atoms with Gasteiger partial charge >= 0.3 is 5.69 Å². The van der Waals surface area contributed by atoms with E-state index >= 15 is 0 Å². The Morgan fingerprint density at radius 2 is 2.14 bits per heavy atom. The van der Waals surface area contributed by atoms with E-state index in [1.165, 1.54) is 0 Å². The highest BCUT2D eigenvalue weighted by molar-refractivity contribution is 5.35. The highest BCUT2D eigenvalue weighted by atomic mass is 16.5. The van der Waals surface area contributed by atoms with Gasteiger partial charge in [-0.1, -0.05) is 25.1 Å². The van der Waals surface area contributed by atoms with Crippen LogP contribution < -0.4 is 15.7 Å². The lowest BCUT2D eigenvalue weighted by Gasteiger charge is -2.21. The molecule has 2 rings (SSSR count). The molecule has 1 aromatic carbocycles. The zero-order valence-corrected chi connectivity index (χ0v) is 12.7. The summed E-state index contributed by atoms with van der Waals surface area (Å²) in [7, 11) is 1.65. The fraction of sp³-hybridized carbons (Fsp3) is 0.375. The SMILES string of the molecule is CCNC(Cn1cc(C)cnc1=O)c1ccccc1OC. The molecule has 21 heavy (non-hydrogen) atoms. The lowest BCUT2D eigenvalue weighted by Crippen LogP contribution is -2.31. The second-order valence-corrected chi connectivity index (χ2v) is 4.92. The summed E-state index contributed by atoms with van der Waals surface area (Å²) in [6.45, 7) is 5.28. The third-order valence-corrected chi connectivity index (χ3v) is 3.33. The van der Waals surface area contributed by atoms with Crippen molar-refractivity contribution in [2.45, 2.75) is 26.4 Å². The van der Waals surface area contributed by atoms with Crippen LogP contribution in [0.1, 0.15) is 24.1 Å². The number of nitrogens with zero attached hydrogens (tertiary/aromatic N) is 2. The minimum atomic E-state index is -0.238. The summed E-state index contributed by atoms with van der Waals surface area (Å²) in [6, 6.07) is 7.84. The zero-order valence-electron chi connectivity index (χ0n) is 12.7. The maximum Gasteiger partial charge on any atom is 0.347 e. The summed E-state index contributed by atoms with van der Waals surface area (Å²) in [5.41, 5.74) is 1.76. The molecule has 1 aromatic heterocycles. The number of hydrogen-bond donors (Lipinski definition) is 1. The third kappa shape index (κ3) is 3.70. The number of aryl methyl sites for hydroxylation is 1. The van der Waals surface area contributed by atoms with E-state index in [0.29, 0.717) is 6.54 Å². The molecule has 1 N–H and O–H groups in total. The van der Waals surface area contributed by atoms with E-state index in [0.717, 1.165) is 23.4 Å². The second-order valence-electron chi connectivity index (χ2n) is 4.92. The molecule has 1 unspecified atom stereocenters. The first-order valence-corrected chi connectivity index (χ1v) is 7.05. The monoisotopic (exact) mass is 287 g/mol. The van der Waals surface area contributed by atoms with Gasteiger partial charge in [0.25, 0.3) is 0 Å². The Morgan fingerprint density at radius 3 is 2.86 bits per heavy atom. The average molecular weight is 287 g/mol. The molecule has 0 saturated heterocycles. The first-order chi connectivity index (χ1) is 10.2. The van der Waals surface area contributed by atoms with Gasteiger partial charge in [0.15, 0.2) is 0 Å². The van der Waals surface area contributed by atoms with Crippen molar-refractivity contribution in [1.82, 2.24) is 14.9 Å². The van der Waals surface area contributed by atoms with Gasteiger partial charge in [0.1, 0.15) is 5.75 Å². The van der Waals surface area contributed by atoms with E-state index in [4.69, 9.17) is 4.74 Å².